The van der Waals surface area contributed by atoms with Gasteiger partial charge < -0.3 is 13.9 Å². The van der Waals surface area contributed by atoms with E-state index in [0.717, 1.165) is 37.2 Å². The molecule has 27 heavy (non-hydrogen) atoms. The van der Waals surface area contributed by atoms with Crippen molar-refractivity contribution in [1.29, 1.82) is 0 Å². The van der Waals surface area contributed by atoms with Crippen LogP contribution in [0.3, 0.4) is 0 Å². The van der Waals surface area contributed by atoms with E-state index in [1.54, 1.807) is 17.8 Å². The van der Waals surface area contributed by atoms with E-state index in [0.29, 0.717) is 36.4 Å². The predicted octanol–water partition coefficient (Wildman–Crippen LogP) is 2.01. The van der Waals surface area contributed by atoms with Crippen LogP contribution >= 0.6 is 0 Å². The molecule has 0 aliphatic carbocycles. The zero-order valence-electron chi connectivity index (χ0n) is 15.5. The molecule has 0 spiro atoms. The van der Waals surface area contributed by atoms with Crippen LogP contribution in [0.25, 0.3) is 0 Å². The molecule has 0 N–H and O–H groups in total. The molecule has 0 saturated carbocycles. The van der Waals surface area contributed by atoms with E-state index in [1.807, 2.05) is 24.1 Å². The summed E-state index contributed by atoms with van der Waals surface area (Å²) in [5, 5.41) is 12.2. The molecular formula is C18H22N6O3. The second-order valence-electron chi connectivity index (χ2n) is 6.94. The number of amides is 1. The molecule has 1 atom stereocenters. The van der Waals surface area contributed by atoms with Gasteiger partial charge in [0.15, 0.2) is 11.5 Å². The van der Waals surface area contributed by atoms with Gasteiger partial charge in [-0.3, -0.25) is 9.48 Å². The van der Waals surface area contributed by atoms with Crippen molar-refractivity contribution in [2.75, 3.05) is 13.1 Å². The number of rotatable bonds is 6. The first-order valence-corrected chi connectivity index (χ1v) is 9.11. The largest absolute Gasteiger partial charge is 0.361 e. The van der Waals surface area contributed by atoms with Gasteiger partial charge in [-0.1, -0.05) is 10.3 Å². The van der Waals surface area contributed by atoms with Crippen molar-refractivity contribution in [2.45, 2.75) is 39.7 Å². The van der Waals surface area contributed by atoms with Crippen LogP contribution in [0.5, 0.6) is 0 Å². The minimum Gasteiger partial charge on any atom is -0.361 e. The summed E-state index contributed by atoms with van der Waals surface area (Å²) in [6, 6.07) is 1.85. The molecule has 3 aromatic heterocycles. The van der Waals surface area contributed by atoms with E-state index in [4.69, 9.17) is 9.05 Å². The topological polar surface area (TPSA) is 103 Å². The van der Waals surface area contributed by atoms with E-state index in [-0.39, 0.29) is 5.91 Å². The predicted molar refractivity (Wildman–Crippen MR) is 93.9 cm³/mol. The Balaban J connectivity index is 1.39. The molecular weight excluding hydrogens is 348 g/mol. The first-order chi connectivity index (χ1) is 13.1. The Hall–Kier alpha value is -2.97. The van der Waals surface area contributed by atoms with Crippen LogP contribution in [0.15, 0.2) is 27.5 Å². The van der Waals surface area contributed by atoms with Crippen molar-refractivity contribution in [3.8, 4) is 0 Å². The Kier molecular flexibility index (Phi) is 4.74. The summed E-state index contributed by atoms with van der Waals surface area (Å²) in [7, 11) is 0. The van der Waals surface area contributed by atoms with Gasteiger partial charge in [-0.25, -0.2) is 0 Å². The second kappa shape index (κ2) is 7.34. The molecule has 9 heteroatoms. The van der Waals surface area contributed by atoms with E-state index in [9.17, 15) is 4.79 Å². The average Bonchev–Trinajstić information content (AvgIpc) is 3.43. The summed E-state index contributed by atoms with van der Waals surface area (Å²) >= 11 is 0. The minimum atomic E-state index is -0.0769. The number of hydrogen-bond donors (Lipinski definition) is 0. The normalized spacial score (nSPS) is 17.0. The quantitative estimate of drug-likeness (QED) is 0.654. The number of likely N-dealkylation sites (tertiary alicyclic amines) is 1. The van der Waals surface area contributed by atoms with Gasteiger partial charge in [-0.15, -0.1) is 0 Å². The molecule has 9 nitrogen and oxygen atoms in total. The van der Waals surface area contributed by atoms with E-state index in [2.05, 4.69) is 20.4 Å². The highest BCUT2D eigenvalue weighted by molar-refractivity contribution is 5.94. The maximum Gasteiger partial charge on any atom is 0.276 e. The van der Waals surface area contributed by atoms with Crippen LogP contribution in [0, 0.1) is 19.8 Å². The van der Waals surface area contributed by atoms with Crippen molar-refractivity contribution in [3.05, 3.63) is 47.2 Å². The first-order valence-electron chi connectivity index (χ1n) is 9.11. The van der Waals surface area contributed by atoms with Crippen molar-refractivity contribution in [3.63, 3.8) is 0 Å². The Morgan fingerprint density at radius 1 is 1.30 bits per heavy atom. The van der Waals surface area contributed by atoms with Gasteiger partial charge in [0.2, 0.25) is 5.89 Å². The molecule has 0 radical (unpaired) electrons. The number of aromatic nitrogens is 5. The molecule has 3 aromatic rings. The highest BCUT2D eigenvalue weighted by atomic mass is 16.5. The summed E-state index contributed by atoms with van der Waals surface area (Å²) in [6.45, 7) is 5.51. The molecule has 1 fully saturated rings. The van der Waals surface area contributed by atoms with Crippen molar-refractivity contribution in [1.82, 2.24) is 30.0 Å². The van der Waals surface area contributed by atoms with Gasteiger partial charge >= 0.3 is 0 Å². The van der Waals surface area contributed by atoms with Crippen molar-refractivity contribution < 1.29 is 13.8 Å². The molecule has 4 heterocycles. The van der Waals surface area contributed by atoms with Crippen LogP contribution < -0.4 is 0 Å². The summed E-state index contributed by atoms with van der Waals surface area (Å²) < 4.78 is 12.1. The third-order valence-electron chi connectivity index (χ3n) is 4.99. The Bertz CT molecular complexity index is 914. The molecule has 4 rings (SSSR count). The Morgan fingerprint density at radius 3 is 2.93 bits per heavy atom. The van der Waals surface area contributed by atoms with Gasteiger partial charge in [-0.2, -0.15) is 10.1 Å². The van der Waals surface area contributed by atoms with Crippen LogP contribution in [-0.2, 0) is 13.0 Å². The number of hydrogen-bond acceptors (Lipinski definition) is 7. The summed E-state index contributed by atoms with van der Waals surface area (Å²) in [5.74, 6) is 2.31. The summed E-state index contributed by atoms with van der Waals surface area (Å²) in [6.07, 6.45) is 6.22. The van der Waals surface area contributed by atoms with E-state index < -0.39 is 0 Å². The number of nitrogens with zero attached hydrogens (tertiary/aromatic N) is 6. The van der Waals surface area contributed by atoms with Gasteiger partial charge in [0.1, 0.15) is 5.76 Å². The third kappa shape index (κ3) is 3.76. The maximum atomic E-state index is 13.0. The zero-order valence-corrected chi connectivity index (χ0v) is 15.5. The van der Waals surface area contributed by atoms with Gasteiger partial charge in [0.05, 0.1) is 6.54 Å². The molecule has 1 amide bonds. The van der Waals surface area contributed by atoms with Gasteiger partial charge in [0.25, 0.3) is 5.91 Å². The fourth-order valence-corrected chi connectivity index (χ4v) is 3.48. The van der Waals surface area contributed by atoms with Crippen LogP contribution in [0.2, 0.25) is 0 Å². The molecule has 0 unspecified atom stereocenters. The molecule has 1 aliphatic rings. The van der Waals surface area contributed by atoms with E-state index >= 15 is 0 Å². The molecule has 0 bridgehead atoms. The van der Waals surface area contributed by atoms with Crippen molar-refractivity contribution in [2.24, 2.45) is 5.92 Å². The molecule has 142 valence electrons. The molecule has 1 aliphatic heterocycles. The maximum absolute atomic E-state index is 13.0. The SMILES string of the molecule is Cc1nc(CC[C@H]2CCN(C(=O)c3noc(C)c3Cn3cccn3)C2)no1. The van der Waals surface area contributed by atoms with Crippen LogP contribution in [0.4, 0.5) is 0 Å². The molecule has 1 saturated heterocycles. The highest BCUT2D eigenvalue weighted by Crippen LogP contribution is 2.24. The first kappa shape index (κ1) is 17.4. The average molecular weight is 370 g/mol. The zero-order chi connectivity index (χ0) is 18.8. The fraction of sp³-hybridized carbons (Fsp3) is 0.500. The highest BCUT2D eigenvalue weighted by Gasteiger charge is 2.31. The van der Waals surface area contributed by atoms with E-state index in [1.165, 1.54) is 0 Å². The van der Waals surface area contributed by atoms with Crippen molar-refractivity contribution >= 4 is 5.91 Å². The number of carbonyl (C=O) groups excluding carboxylic acids is 1. The van der Waals surface area contributed by atoms with Gasteiger partial charge in [-0.05, 0) is 31.7 Å². The van der Waals surface area contributed by atoms with Gasteiger partial charge in [0, 0.05) is 44.4 Å². The Labute approximate surface area is 156 Å². The lowest BCUT2D eigenvalue weighted by molar-refractivity contribution is 0.0775. The Morgan fingerprint density at radius 2 is 2.19 bits per heavy atom. The van der Waals surface area contributed by atoms with Crippen LogP contribution in [-0.4, -0.2) is 49.0 Å². The molecule has 0 aromatic carbocycles. The number of aryl methyl sites for hydroxylation is 3. The second-order valence-corrected chi connectivity index (χ2v) is 6.94. The fourth-order valence-electron chi connectivity index (χ4n) is 3.48. The monoisotopic (exact) mass is 370 g/mol. The number of carbonyl (C=O) groups is 1. The summed E-state index contributed by atoms with van der Waals surface area (Å²) in [4.78, 5) is 19.1. The van der Waals surface area contributed by atoms with Crippen LogP contribution in [0.1, 0.15) is 46.4 Å². The summed E-state index contributed by atoms with van der Waals surface area (Å²) in [5.41, 5.74) is 1.17. The lowest BCUT2D eigenvalue weighted by Crippen LogP contribution is -2.30. The standard InChI is InChI=1S/C18H22N6O3/c1-12-15(11-24-8-3-7-19-24)17(22-26-12)18(25)23-9-6-14(10-23)4-5-16-20-13(2)27-21-16/h3,7-8,14H,4-6,9-11H2,1-2H3/t14-/m0/s1. The lowest BCUT2D eigenvalue weighted by Gasteiger charge is -2.15. The lowest BCUT2D eigenvalue weighted by atomic mass is 10.0. The third-order valence-corrected chi connectivity index (χ3v) is 4.99. The minimum absolute atomic E-state index is 0.0769. The smallest absolute Gasteiger partial charge is 0.276 e.